The van der Waals surface area contributed by atoms with Gasteiger partial charge in [-0.15, -0.1) is 0 Å². The fraction of sp³-hybridized carbons (Fsp3) is 0.227. The molecule has 10 heteroatoms. The summed E-state index contributed by atoms with van der Waals surface area (Å²) in [5.41, 5.74) is -0.166. The van der Waals surface area contributed by atoms with Crippen molar-refractivity contribution in [3.8, 4) is 11.5 Å². The number of nitro benzene ring substituents is 1. The summed E-state index contributed by atoms with van der Waals surface area (Å²) in [6, 6.07) is 8.93. The highest BCUT2D eigenvalue weighted by atomic mass is 16.6. The molecule has 3 rings (SSSR count). The highest BCUT2D eigenvalue weighted by Gasteiger charge is 2.37. The van der Waals surface area contributed by atoms with E-state index in [4.69, 9.17) is 9.47 Å². The molecule has 0 saturated carbocycles. The van der Waals surface area contributed by atoms with Crippen molar-refractivity contribution in [3.05, 3.63) is 63.7 Å². The van der Waals surface area contributed by atoms with E-state index in [1.165, 1.54) is 31.4 Å². The van der Waals surface area contributed by atoms with E-state index in [1.54, 1.807) is 18.2 Å². The number of urea groups is 1. The van der Waals surface area contributed by atoms with Crippen molar-refractivity contribution in [2.45, 2.75) is 19.8 Å². The van der Waals surface area contributed by atoms with Crippen molar-refractivity contribution in [1.82, 2.24) is 5.32 Å². The molecular weight excluding hydrogens is 418 g/mol. The number of barbiturate groups is 1. The number of ether oxygens (including phenoxy) is 2. The second kappa shape index (κ2) is 9.73. The van der Waals surface area contributed by atoms with E-state index in [0.717, 1.165) is 18.9 Å². The lowest BCUT2D eigenvalue weighted by atomic mass is 10.1. The summed E-state index contributed by atoms with van der Waals surface area (Å²) in [5.74, 6) is -0.827. The summed E-state index contributed by atoms with van der Waals surface area (Å²) in [6.07, 6.45) is 3.17. The number of methoxy groups -OCH3 is 1. The molecule has 1 saturated heterocycles. The van der Waals surface area contributed by atoms with Gasteiger partial charge in [0.1, 0.15) is 5.57 Å². The number of imide groups is 2. The zero-order valence-corrected chi connectivity index (χ0v) is 17.5. The van der Waals surface area contributed by atoms with Crippen LogP contribution in [0.4, 0.5) is 16.2 Å². The van der Waals surface area contributed by atoms with Gasteiger partial charge >= 0.3 is 6.03 Å². The Hall–Kier alpha value is -4.21. The maximum absolute atomic E-state index is 13.0. The maximum Gasteiger partial charge on any atom is 0.335 e. The van der Waals surface area contributed by atoms with Crippen LogP contribution in [0, 0.1) is 10.1 Å². The number of hydrogen-bond acceptors (Lipinski definition) is 7. The first kappa shape index (κ1) is 22.5. The number of rotatable bonds is 8. The lowest BCUT2D eigenvalue weighted by Crippen LogP contribution is -2.54. The molecule has 0 atom stereocenters. The fourth-order valence-electron chi connectivity index (χ4n) is 3.02. The molecule has 10 nitrogen and oxygen atoms in total. The van der Waals surface area contributed by atoms with Crippen LogP contribution < -0.4 is 19.7 Å². The summed E-state index contributed by atoms with van der Waals surface area (Å²) in [4.78, 5) is 48.7. The van der Waals surface area contributed by atoms with Crippen molar-refractivity contribution in [2.75, 3.05) is 18.6 Å². The molecule has 0 aromatic heterocycles. The molecule has 0 aliphatic carbocycles. The van der Waals surface area contributed by atoms with Crippen LogP contribution in [0.25, 0.3) is 6.08 Å². The van der Waals surface area contributed by atoms with Crippen molar-refractivity contribution >= 4 is 35.3 Å². The van der Waals surface area contributed by atoms with Gasteiger partial charge in [0, 0.05) is 12.1 Å². The smallest absolute Gasteiger partial charge is 0.335 e. The molecular formula is C22H21N3O7. The lowest BCUT2D eigenvalue weighted by molar-refractivity contribution is -0.384. The van der Waals surface area contributed by atoms with E-state index in [0.29, 0.717) is 28.6 Å². The number of nitrogens with one attached hydrogen (secondary N) is 1. The van der Waals surface area contributed by atoms with Gasteiger partial charge in [-0.2, -0.15) is 0 Å². The Morgan fingerprint density at radius 3 is 2.59 bits per heavy atom. The van der Waals surface area contributed by atoms with Crippen LogP contribution >= 0.6 is 0 Å². The SMILES string of the molecule is CCCCOc1ccc(C=C2C(=O)NC(=O)N(c3cccc([N+](=O)[O-])c3)C2=O)cc1OC. The Bertz CT molecular complexity index is 1110. The van der Waals surface area contributed by atoms with Crippen LogP contribution in [-0.4, -0.2) is 36.5 Å². The van der Waals surface area contributed by atoms with Crippen LogP contribution in [0.3, 0.4) is 0 Å². The normalized spacial score (nSPS) is 15.0. The first-order valence-corrected chi connectivity index (χ1v) is 9.82. The van der Waals surface area contributed by atoms with Gasteiger partial charge in [-0.3, -0.25) is 25.0 Å². The van der Waals surface area contributed by atoms with Crippen LogP contribution in [0.15, 0.2) is 48.0 Å². The summed E-state index contributed by atoms with van der Waals surface area (Å²) >= 11 is 0. The molecule has 166 valence electrons. The largest absolute Gasteiger partial charge is 0.493 e. The monoisotopic (exact) mass is 439 g/mol. The van der Waals surface area contributed by atoms with E-state index < -0.39 is 22.8 Å². The number of non-ortho nitro benzene ring substituents is 1. The van der Waals surface area contributed by atoms with Crippen molar-refractivity contribution < 1.29 is 28.8 Å². The van der Waals surface area contributed by atoms with Gasteiger partial charge in [-0.05, 0) is 36.3 Å². The number of anilines is 1. The number of carbonyl (C=O) groups is 3. The second-order valence-electron chi connectivity index (χ2n) is 6.85. The predicted octanol–water partition coefficient (Wildman–Crippen LogP) is 3.45. The Morgan fingerprint density at radius 1 is 1.12 bits per heavy atom. The molecule has 2 aromatic carbocycles. The Balaban J connectivity index is 1.94. The number of amides is 4. The number of nitrogens with zero attached hydrogens (tertiary/aromatic N) is 2. The average Bonchev–Trinajstić information content (AvgIpc) is 2.77. The molecule has 2 aromatic rings. The molecule has 1 aliphatic rings. The van der Waals surface area contributed by atoms with Gasteiger partial charge in [0.2, 0.25) is 0 Å². The van der Waals surface area contributed by atoms with Crippen molar-refractivity contribution in [2.24, 2.45) is 0 Å². The Labute approximate surface area is 183 Å². The number of nitro groups is 1. The van der Waals surface area contributed by atoms with Crippen molar-refractivity contribution in [1.29, 1.82) is 0 Å². The van der Waals surface area contributed by atoms with Gasteiger partial charge in [0.05, 0.1) is 24.3 Å². The molecule has 1 fully saturated rings. The quantitative estimate of drug-likeness (QED) is 0.219. The standard InChI is InChI=1S/C22H21N3O7/c1-3-4-10-32-18-9-8-14(12-19(18)31-2)11-17-20(26)23-22(28)24(21(17)27)15-6-5-7-16(13-15)25(29)30/h5-9,11-13H,3-4,10H2,1-2H3,(H,23,26,28). The van der Waals surface area contributed by atoms with Crippen LogP contribution in [-0.2, 0) is 9.59 Å². The first-order valence-electron chi connectivity index (χ1n) is 9.82. The molecule has 4 amide bonds. The fourth-order valence-corrected chi connectivity index (χ4v) is 3.02. The molecule has 0 unspecified atom stereocenters. The van der Waals surface area contributed by atoms with Crippen LogP contribution in [0.1, 0.15) is 25.3 Å². The van der Waals surface area contributed by atoms with Gasteiger partial charge in [-0.25, -0.2) is 9.69 Å². The molecule has 0 bridgehead atoms. The maximum atomic E-state index is 13.0. The third-order valence-corrected chi connectivity index (χ3v) is 4.65. The summed E-state index contributed by atoms with van der Waals surface area (Å²) in [6.45, 7) is 2.57. The van der Waals surface area contributed by atoms with E-state index in [2.05, 4.69) is 5.32 Å². The first-order chi connectivity index (χ1) is 15.3. The second-order valence-corrected chi connectivity index (χ2v) is 6.85. The molecule has 0 radical (unpaired) electrons. The van der Waals surface area contributed by atoms with Crippen LogP contribution in [0.2, 0.25) is 0 Å². The number of benzene rings is 2. The lowest BCUT2D eigenvalue weighted by Gasteiger charge is -2.26. The summed E-state index contributed by atoms with van der Waals surface area (Å²) < 4.78 is 11.0. The zero-order valence-electron chi connectivity index (χ0n) is 17.5. The number of carbonyl (C=O) groups excluding carboxylic acids is 3. The van der Waals surface area contributed by atoms with E-state index >= 15 is 0 Å². The Morgan fingerprint density at radius 2 is 1.91 bits per heavy atom. The average molecular weight is 439 g/mol. The minimum atomic E-state index is -0.991. The third-order valence-electron chi connectivity index (χ3n) is 4.65. The highest BCUT2D eigenvalue weighted by molar-refractivity contribution is 6.39. The van der Waals surface area contributed by atoms with E-state index in [1.807, 2.05) is 6.92 Å². The minimum absolute atomic E-state index is 0.0302. The molecule has 32 heavy (non-hydrogen) atoms. The van der Waals surface area contributed by atoms with Gasteiger partial charge in [0.15, 0.2) is 11.5 Å². The number of unbranched alkanes of at least 4 members (excludes halogenated alkanes) is 1. The summed E-state index contributed by atoms with van der Waals surface area (Å²) in [5, 5.41) is 13.1. The minimum Gasteiger partial charge on any atom is -0.493 e. The molecule has 1 heterocycles. The highest BCUT2D eigenvalue weighted by Crippen LogP contribution is 2.30. The predicted molar refractivity (Wildman–Crippen MR) is 115 cm³/mol. The van der Waals surface area contributed by atoms with E-state index in [9.17, 15) is 24.5 Å². The topological polar surface area (TPSA) is 128 Å². The summed E-state index contributed by atoms with van der Waals surface area (Å²) in [7, 11) is 1.47. The molecule has 1 aliphatic heterocycles. The van der Waals surface area contributed by atoms with Crippen LogP contribution in [0.5, 0.6) is 11.5 Å². The number of hydrogen-bond donors (Lipinski definition) is 1. The van der Waals surface area contributed by atoms with Gasteiger partial charge in [0.25, 0.3) is 17.5 Å². The van der Waals surface area contributed by atoms with E-state index in [-0.39, 0.29) is 16.9 Å². The molecule has 1 N–H and O–H groups in total. The van der Waals surface area contributed by atoms with Gasteiger partial charge in [-0.1, -0.05) is 25.5 Å². The molecule has 0 spiro atoms. The van der Waals surface area contributed by atoms with Gasteiger partial charge < -0.3 is 9.47 Å². The Kier molecular flexibility index (Phi) is 6.83. The van der Waals surface area contributed by atoms with Crippen molar-refractivity contribution in [3.63, 3.8) is 0 Å². The third kappa shape index (κ3) is 4.75. The zero-order chi connectivity index (χ0) is 23.3.